The molecule has 2 rings (SSSR count). The summed E-state index contributed by atoms with van der Waals surface area (Å²) in [7, 11) is 0. The van der Waals surface area contributed by atoms with Gasteiger partial charge >= 0.3 is 0 Å². The zero-order chi connectivity index (χ0) is 11.4. The first-order valence-electron chi connectivity index (χ1n) is 5.89. The number of morpholine rings is 1. The van der Waals surface area contributed by atoms with Crippen LogP contribution in [0.2, 0.25) is 0 Å². The van der Waals surface area contributed by atoms with E-state index in [2.05, 4.69) is 24.4 Å². The van der Waals surface area contributed by atoms with Gasteiger partial charge < -0.3 is 15.8 Å². The molecule has 2 unspecified atom stereocenters. The highest BCUT2D eigenvalue weighted by atomic mass is 16.5. The zero-order valence-corrected chi connectivity index (χ0v) is 9.78. The Morgan fingerprint density at radius 3 is 3.00 bits per heavy atom. The van der Waals surface area contributed by atoms with Crippen molar-refractivity contribution in [1.29, 1.82) is 0 Å². The van der Waals surface area contributed by atoms with Gasteiger partial charge in [0.25, 0.3) is 0 Å². The monoisotopic (exact) mass is 220 g/mol. The first kappa shape index (κ1) is 11.6. The number of rotatable bonds is 3. The second-order valence-corrected chi connectivity index (χ2v) is 4.42. The van der Waals surface area contributed by atoms with Crippen LogP contribution in [0.25, 0.3) is 0 Å². The number of hydrogen-bond acceptors (Lipinski definition) is 3. The molecule has 88 valence electrons. The van der Waals surface area contributed by atoms with Crippen LogP contribution in [0.4, 0.5) is 0 Å². The third-order valence-corrected chi connectivity index (χ3v) is 3.12. The van der Waals surface area contributed by atoms with Gasteiger partial charge in [-0.3, -0.25) is 0 Å². The minimum atomic E-state index is 0.0976. The van der Waals surface area contributed by atoms with E-state index in [4.69, 9.17) is 10.5 Å². The third-order valence-electron chi connectivity index (χ3n) is 3.12. The highest BCUT2D eigenvalue weighted by Crippen LogP contribution is 2.20. The van der Waals surface area contributed by atoms with Gasteiger partial charge in [-0.2, -0.15) is 0 Å². The molecule has 3 N–H and O–H groups in total. The predicted octanol–water partition coefficient (Wildman–Crippen LogP) is 1.37. The fourth-order valence-corrected chi connectivity index (χ4v) is 2.21. The smallest absolute Gasteiger partial charge is 0.0620 e. The van der Waals surface area contributed by atoms with Gasteiger partial charge in [0.05, 0.1) is 13.2 Å². The van der Waals surface area contributed by atoms with Gasteiger partial charge in [-0.05, 0) is 24.5 Å². The molecule has 0 aromatic heterocycles. The van der Waals surface area contributed by atoms with Crippen LogP contribution in [-0.4, -0.2) is 25.8 Å². The van der Waals surface area contributed by atoms with E-state index in [-0.39, 0.29) is 6.04 Å². The quantitative estimate of drug-likeness (QED) is 0.809. The number of ether oxygens (including phenoxy) is 1. The topological polar surface area (TPSA) is 47.3 Å². The Balaban J connectivity index is 1.96. The second kappa shape index (κ2) is 5.43. The number of aryl methyl sites for hydroxylation is 1. The SMILES string of the molecule is Cc1ccccc1C(N)CC1COCCN1. The van der Waals surface area contributed by atoms with Gasteiger partial charge in [-0.15, -0.1) is 0 Å². The summed E-state index contributed by atoms with van der Waals surface area (Å²) in [5.74, 6) is 0. The molecule has 1 heterocycles. The Bertz CT molecular complexity index is 334. The molecule has 0 amide bonds. The summed E-state index contributed by atoms with van der Waals surface area (Å²) < 4.78 is 5.43. The molecule has 0 spiro atoms. The molecule has 0 saturated carbocycles. The number of nitrogens with one attached hydrogen (secondary N) is 1. The van der Waals surface area contributed by atoms with Gasteiger partial charge in [0, 0.05) is 18.6 Å². The summed E-state index contributed by atoms with van der Waals surface area (Å²) in [4.78, 5) is 0. The van der Waals surface area contributed by atoms with Crippen LogP contribution in [0.1, 0.15) is 23.6 Å². The molecule has 0 bridgehead atoms. The Labute approximate surface area is 97.0 Å². The maximum Gasteiger partial charge on any atom is 0.0620 e. The van der Waals surface area contributed by atoms with E-state index in [0.29, 0.717) is 6.04 Å². The molecule has 2 atom stereocenters. The zero-order valence-electron chi connectivity index (χ0n) is 9.78. The molecule has 1 aromatic rings. The Morgan fingerprint density at radius 2 is 2.31 bits per heavy atom. The Kier molecular flexibility index (Phi) is 3.93. The molecule has 3 heteroatoms. The summed E-state index contributed by atoms with van der Waals surface area (Å²) in [5.41, 5.74) is 8.75. The fourth-order valence-electron chi connectivity index (χ4n) is 2.21. The minimum Gasteiger partial charge on any atom is -0.379 e. The van der Waals surface area contributed by atoms with E-state index < -0.39 is 0 Å². The summed E-state index contributed by atoms with van der Waals surface area (Å²) in [6, 6.07) is 8.81. The van der Waals surface area contributed by atoms with Gasteiger partial charge in [-0.25, -0.2) is 0 Å². The van der Waals surface area contributed by atoms with Gasteiger partial charge in [0.15, 0.2) is 0 Å². The first-order valence-corrected chi connectivity index (χ1v) is 5.89. The number of hydrogen-bond donors (Lipinski definition) is 2. The van der Waals surface area contributed by atoms with Crippen molar-refractivity contribution in [3.63, 3.8) is 0 Å². The van der Waals surface area contributed by atoms with Crippen LogP contribution >= 0.6 is 0 Å². The molecular formula is C13H20N2O. The lowest BCUT2D eigenvalue weighted by molar-refractivity contribution is 0.0719. The maximum absolute atomic E-state index is 6.23. The van der Waals surface area contributed by atoms with Crippen molar-refractivity contribution in [1.82, 2.24) is 5.32 Å². The molecule has 0 radical (unpaired) electrons. The van der Waals surface area contributed by atoms with E-state index in [1.807, 2.05) is 12.1 Å². The highest BCUT2D eigenvalue weighted by molar-refractivity contribution is 5.28. The van der Waals surface area contributed by atoms with Crippen molar-refractivity contribution < 1.29 is 4.74 Å². The fraction of sp³-hybridized carbons (Fsp3) is 0.538. The molecule has 16 heavy (non-hydrogen) atoms. The molecule has 1 saturated heterocycles. The predicted molar refractivity (Wildman–Crippen MR) is 65.3 cm³/mol. The van der Waals surface area contributed by atoms with Crippen molar-refractivity contribution >= 4 is 0 Å². The average Bonchev–Trinajstić information content (AvgIpc) is 2.31. The van der Waals surface area contributed by atoms with E-state index in [0.717, 1.165) is 26.2 Å². The van der Waals surface area contributed by atoms with Crippen molar-refractivity contribution in [2.24, 2.45) is 5.73 Å². The van der Waals surface area contributed by atoms with Crippen molar-refractivity contribution in [2.45, 2.75) is 25.4 Å². The number of benzene rings is 1. The summed E-state index contributed by atoms with van der Waals surface area (Å²) in [6.45, 7) is 4.64. The maximum atomic E-state index is 6.23. The largest absolute Gasteiger partial charge is 0.379 e. The minimum absolute atomic E-state index is 0.0976. The third kappa shape index (κ3) is 2.82. The summed E-state index contributed by atoms with van der Waals surface area (Å²) in [5, 5.41) is 3.43. The van der Waals surface area contributed by atoms with Crippen LogP contribution in [0.15, 0.2) is 24.3 Å². The highest BCUT2D eigenvalue weighted by Gasteiger charge is 2.18. The van der Waals surface area contributed by atoms with E-state index >= 15 is 0 Å². The van der Waals surface area contributed by atoms with Crippen LogP contribution in [0.3, 0.4) is 0 Å². The van der Waals surface area contributed by atoms with E-state index in [1.165, 1.54) is 11.1 Å². The lowest BCUT2D eigenvalue weighted by atomic mass is 9.96. The number of nitrogens with two attached hydrogens (primary N) is 1. The molecule has 1 fully saturated rings. The molecule has 1 aliphatic heterocycles. The molecule has 1 aromatic carbocycles. The normalized spacial score (nSPS) is 23.0. The Hall–Kier alpha value is -0.900. The van der Waals surface area contributed by atoms with Crippen LogP contribution in [0, 0.1) is 6.92 Å². The van der Waals surface area contributed by atoms with E-state index in [1.54, 1.807) is 0 Å². The van der Waals surface area contributed by atoms with Gasteiger partial charge in [0.2, 0.25) is 0 Å². The second-order valence-electron chi connectivity index (χ2n) is 4.42. The lowest BCUT2D eigenvalue weighted by Gasteiger charge is -2.26. The van der Waals surface area contributed by atoms with Crippen molar-refractivity contribution in [2.75, 3.05) is 19.8 Å². The van der Waals surface area contributed by atoms with Gasteiger partial charge in [0.1, 0.15) is 0 Å². The summed E-state index contributed by atoms with van der Waals surface area (Å²) >= 11 is 0. The van der Waals surface area contributed by atoms with E-state index in [9.17, 15) is 0 Å². The average molecular weight is 220 g/mol. The standard InChI is InChI=1S/C13H20N2O/c1-10-4-2-3-5-12(10)13(14)8-11-9-16-7-6-15-11/h2-5,11,13,15H,6-9,14H2,1H3. The van der Waals surface area contributed by atoms with Crippen LogP contribution in [-0.2, 0) is 4.74 Å². The van der Waals surface area contributed by atoms with Crippen LogP contribution in [0.5, 0.6) is 0 Å². The Morgan fingerprint density at radius 1 is 1.50 bits per heavy atom. The lowest BCUT2D eigenvalue weighted by Crippen LogP contribution is -2.42. The van der Waals surface area contributed by atoms with Crippen molar-refractivity contribution in [3.8, 4) is 0 Å². The van der Waals surface area contributed by atoms with Gasteiger partial charge in [-0.1, -0.05) is 24.3 Å². The molecule has 1 aliphatic rings. The molecule has 3 nitrogen and oxygen atoms in total. The molecular weight excluding hydrogens is 200 g/mol. The van der Waals surface area contributed by atoms with Crippen molar-refractivity contribution in [3.05, 3.63) is 35.4 Å². The summed E-state index contributed by atoms with van der Waals surface area (Å²) in [6.07, 6.45) is 0.935. The van der Waals surface area contributed by atoms with Crippen LogP contribution < -0.4 is 11.1 Å². The first-order chi connectivity index (χ1) is 7.77. The molecule has 0 aliphatic carbocycles.